The minimum Gasteiger partial charge on any atom is -0.507 e. The number of rotatable bonds is 6. The molecule has 0 unspecified atom stereocenters. The zero-order chi connectivity index (χ0) is 16.7. The maximum absolute atomic E-state index is 11.8. The van der Waals surface area contributed by atoms with Gasteiger partial charge < -0.3 is 15.5 Å². The minimum atomic E-state index is -0.959. The number of amides is 1. The third-order valence-electron chi connectivity index (χ3n) is 3.04. The number of carboxylic acids is 1. The van der Waals surface area contributed by atoms with E-state index in [2.05, 4.69) is 10.3 Å². The standard InChI is InChI=1S/C17H16N2O4/c20-15-4-2-1-3-13(15)11-19-14-7-5-12(6-8-14)17(23)18-10-9-16(21)22/h1-8,11,20H,9-10H2,(H,18,23)(H,21,22). The summed E-state index contributed by atoms with van der Waals surface area (Å²) in [7, 11) is 0. The SMILES string of the molecule is O=C(O)CCNC(=O)c1ccc(N=Cc2ccccc2O)cc1. The van der Waals surface area contributed by atoms with Crippen molar-refractivity contribution in [2.45, 2.75) is 6.42 Å². The Bertz CT molecular complexity index is 724. The van der Waals surface area contributed by atoms with Gasteiger partial charge in [-0.25, -0.2) is 0 Å². The van der Waals surface area contributed by atoms with Crippen LogP contribution in [-0.4, -0.2) is 34.8 Å². The fourth-order valence-electron chi connectivity index (χ4n) is 1.82. The van der Waals surface area contributed by atoms with Crippen molar-refractivity contribution < 1.29 is 19.8 Å². The second kappa shape index (κ2) is 7.74. The summed E-state index contributed by atoms with van der Waals surface area (Å²) in [5.74, 6) is -1.15. The van der Waals surface area contributed by atoms with Gasteiger partial charge in [-0.05, 0) is 36.4 Å². The average Bonchev–Trinajstić information content (AvgIpc) is 2.54. The molecule has 0 saturated heterocycles. The maximum Gasteiger partial charge on any atom is 0.305 e. The summed E-state index contributed by atoms with van der Waals surface area (Å²) in [4.78, 5) is 26.4. The molecule has 2 aromatic rings. The van der Waals surface area contributed by atoms with Crippen molar-refractivity contribution in [2.75, 3.05) is 6.54 Å². The van der Waals surface area contributed by atoms with Crippen LogP contribution in [0, 0.1) is 0 Å². The van der Waals surface area contributed by atoms with Crippen molar-refractivity contribution in [1.29, 1.82) is 0 Å². The van der Waals surface area contributed by atoms with Crippen LogP contribution >= 0.6 is 0 Å². The van der Waals surface area contributed by atoms with E-state index >= 15 is 0 Å². The Morgan fingerprint density at radius 2 is 1.78 bits per heavy atom. The van der Waals surface area contributed by atoms with Gasteiger partial charge in [0.2, 0.25) is 0 Å². The summed E-state index contributed by atoms with van der Waals surface area (Å²) >= 11 is 0. The number of phenols is 1. The lowest BCUT2D eigenvalue weighted by Crippen LogP contribution is -2.25. The third-order valence-corrected chi connectivity index (χ3v) is 3.04. The van der Waals surface area contributed by atoms with Crippen molar-refractivity contribution in [3.63, 3.8) is 0 Å². The Kier molecular flexibility index (Phi) is 5.46. The summed E-state index contributed by atoms with van der Waals surface area (Å²) in [6, 6.07) is 13.4. The second-order valence-electron chi connectivity index (χ2n) is 4.76. The molecule has 0 saturated carbocycles. The lowest BCUT2D eigenvalue weighted by molar-refractivity contribution is -0.136. The van der Waals surface area contributed by atoms with E-state index in [9.17, 15) is 14.7 Å². The third kappa shape index (κ3) is 4.96. The fraction of sp³-hybridized carbons (Fsp3) is 0.118. The van der Waals surface area contributed by atoms with Gasteiger partial charge >= 0.3 is 5.97 Å². The summed E-state index contributed by atoms with van der Waals surface area (Å²) in [6.07, 6.45) is 1.42. The number of aliphatic imine (C=N–C) groups is 1. The second-order valence-corrected chi connectivity index (χ2v) is 4.76. The van der Waals surface area contributed by atoms with Crippen molar-refractivity contribution in [3.8, 4) is 5.75 Å². The van der Waals surface area contributed by atoms with E-state index in [1.54, 1.807) is 48.5 Å². The van der Waals surface area contributed by atoms with Gasteiger partial charge in [0, 0.05) is 23.9 Å². The molecule has 118 valence electrons. The van der Waals surface area contributed by atoms with Crippen LogP contribution < -0.4 is 5.32 Å². The Morgan fingerprint density at radius 1 is 1.09 bits per heavy atom. The molecule has 6 nitrogen and oxygen atoms in total. The maximum atomic E-state index is 11.8. The molecule has 1 amide bonds. The van der Waals surface area contributed by atoms with Gasteiger partial charge in [0.25, 0.3) is 5.91 Å². The Hall–Kier alpha value is -3.15. The van der Waals surface area contributed by atoms with Gasteiger partial charge in [-0.1, -0.05) is 12.1 Å². The lowest BCUT2D eigenvalue weighted by Gasteiger charge is -2.03. The molecule has 2 rings (SSSR count). The number of nitrogens with zero attached hydrogens (tertiary/aromatic N) is 1. The fourth-order valence-corrected chi connectivity index (χ4v) is 1.82. The molecule has 6 heteroatoms. The number of nitrogens with one attached hydrogen (secondary N) is 1. The molecule has 0 aliphatic carbocycles. The van der Waals surface area contributed by atoms with Gasteiger partial charge in [-0.3, -0.25) is 14.6 Å². The molecule has 0 aliphatic rings. The predicted octanol–water partition coefficient (Wildman–Crippen LogP) is 2.35. The highest BCUT2D eigenvalue weighted by atomic mass is 16.4. The van der Waals surface area contributed by atoms with Crippen LogP contribution in [0.25, 0.3) is 0 Å². The number of hydrogen-bond donors (Lipinski definition) is 3. The van der Waals surface area contributed by atoms with Crippen LogP contribution in [0.1, 0.15) is 22.3 Å². The average molecular weight is 312 g/mol. The van der Waals surface area contributed by atoms with Crippen LogP contribution in [0.3, 0.4) is 0 Å². The van der Waals surface area contributed by atoms with Crippen molar-refractivity contribution in [2.24, 2.45) is 4.99 Å². The van der Waals surface area contributed by atoms with Crippen LogP contribution in [-0.2, 0) is 4.79 Å². The molecule has 0 fully saturated rings. The van der Waals surface area contributed by atoms with Crippen molar-refractivity contribution in [3.05, 3.63) is 59.7 Å². The molecule has 0 bridgehead atoms. The van der Waals surface area contributed by atoms with Gasteiger partial charge in [0.1, 0.15) is 5.75 Å². The van der Waals surface area contributed by atoms with E-state index < -0.39 is 5.97 Å². The molecule has 23 heavy (non-hydrogen) atoms. The lowest BCUT2D eigenvalue weighted by atomic mass is 10.2. The number of para-hydroxylation sites is 1. The molecular weight excluding hydrogens is 296 g/mol. The van der Waals surface area contributed by atoms with Gasteiger partial charge in [0.15, 0.2) is 0 Å². The first-order valence-corrected chi connectivity index (χ1v) is 6.98. The summed E-state index contributed by atoms with van der Waals surface area (Å²) in [5.41, 5.74) is 1.66. The first-order valence-electron chi connectivity index (χ1n) is 6.98. The van der Waals surface area contributed by atoms with E-state index in [1.165, 1.54) is 6.21 Å². The zero-order valence-electron chi connectivity index (χ0n) is 12.3. The first kappa shape index (κ1) is 16.2. The van der Waals surface area contributed by atoms with Gasteiger partial charge in [0.05, 0.1) is 12.1 Å². The van der Waals surface area contributed by atoms with Crippen LogP contribution in [0.15, 0.2) is 53.5 Å². The van der Waals surface area contributed by atoms with E-state index in [1.807, 2.05) is 0 Å². The summed E-state index contributed by atoms with van der Waals surface area (Å²) < 4.78 is 0. The van der Waals surface area contributed by atoms with Crippen molar-refractivity contribution in [1.82, 2.24) is 5.32 Å². The molecule has 0 aliphatic heterocycles. The molecule has 0 spiro atoms. The normalized spacial score (nSPS) is 10.6. The zero-order valence-corrected chi connectivity index (χ0v) is 12.3. The Labute approximate surface area is 133 Å². The van der Waals surface area contributed by atoms with Crippen LogP contribution in [0.2, 0.25) is 0 Å². The van der Waals surface area contributed by atoms with Crippen molar-refractivity contribution >= 4 is 23.8 Å². The topological polar surface area (TPSA) is 99.0 Å². The highest BCUT2D eigenvalue weighted by molar-refractivity contribution is 5.94. The van der Waals surface area contributed by atoms with E-state index in [0.29, 0.717) is 16.8 Å². The van der Waals surface area contributed by atoms with E-state index in [0.717, 1.165) is 0 Å². The number of carbonyl (C=O) groups excluding carboxylic acids is 1. The molecule has 2 aromatic carbocycles. The number of carboxylic acid groups (broad SMARTS) is 1. The van der Waals surface area contributed by atoms with E-state index in [-0.39, 0.29) is 24.6 Å². The summed E-state index contributed by atoms with van der Waals surface area (Å²) in [6.45, 7) is 0.0847. The smallest absolute Gasteiger partial charge is 0.305 e. The Balaban J connectivity index is 1.98. The number of carbonyl (C=O) groups is 2. The number of phenolic OH excluding ortho intramolecular Hbond substituents is 1. The molecular formula is C17H16N2O4. The quantitative estimate of drug-likeness (QED) is 0.713. The van der Waals surface area contributed by atoms with Gasteiger partial charge in [-0.2, -0.15) is 0 Å². The number of aliphatic carboxylic acids is 1. The highest BCUT2D eigenvalue weighted by Gasteiger charge is 2.05. The molecule has 3 N–H and O–H groups in total. The van der Waals surface area contributed by atoms with Crippen LogP contribution in [0.5, 0.6) is 5.75 Å². The molecule has 0 atom stereocenters. The molecule has 0 radical (unpaired) electrons. The van der Waals surface area contributed by atoms with Crippen LogP contribution in [0.4, 0.5) is 5.69 Å². The first-order chi connectivity index (χ1) is 11.1. The van der Waals surface area contributed by atoms with E-state index in [4.69, 9.17) is 5.11 Å². The monoisotopic (exact) mass is 312 g/mol. The Morgan fingerprint density at radius 3 is 2.43 bits per heavy atom. The highest BCUT2D eigenvalue weighted by Crippen LogP contribution is 2.16. The predicted molar refractivity (Wildman–Crippen MR) is 86.4 cm³/mol. The minimum absolute atomic E-state index is 0.0847. The molecule has 0 aromatic heterocycles. The number of aromatic hydroxyl groups is 1. The largest absolute Gasteiger partial charge is 0.507 e. The summed E-state index contributed by atoms with van der Waals surface area (Å²) in [5, 5.41) is 20.7. The number of benzene rings is 2. The number of hydrogen-bond acceptors (Lipinski definition) is 4. The molecule has 0 heterocycles. The van der Waals surface area contributed by atoms with Gasteiger partial charge in [-0.15, -0.1) is 0 Å².